The summed E-state index contributed by atoms with van der Waals surface area (Å²) in [5.41, 5.74) is -0.00617. The van der Waals surface area contributed by atoms with Crippen molar-refractivity contribution in [2.45, 2.75) is 64.3 Å². The van der Waals surface area contributed by atoms with E-state index in [9.17, 15) is 4.79 Å². The molecule has 0 radical (unpaired) electrons. The molecule has 25 heavy (non-hydrogen) atoms. The standard InChI is InChI=1S/C18H31N5OS/c1-18(2,3)16-20-17(25-21-16)23-11-9-22(10-12-23)13-15(24)19-14-7-5-4-6-8-14/h14H,4-13H2,1-3H3,(H,19,24). The third kappa shape index (κ3) is 5.14. The van der Waals surface area contributed by atoms with E-state index in [1.807, 2.05) is 0 Å². The first-order chi connectivity index (χ1) is 11.9. The van der Waals surface area contributed by atoms with Crippen molar-refractivity contribution >= 4 is 22.6 Å². The molecule has 0 bridgehead atoms. The van der Waals surface area contributed by atoms with E-state index in [4.69, 9.17) is 4.98 Å². The van der Waals surface area contributed by atoms with E-state index in [1.165, 1.54) is 30.8 Å². The maximum atomic E-state index is 12.3. The Balaban J connectivity index is 1.43. The van der Waals surface area contributed by atoms with Crippen LogP contribution in [0.1, 0.15) is 58.7 Å². The van der Waals surface area contributed by atoms with E-state index in [2.05, 4.69) is 40.3 Å². The summed E-state index contributed by atoms with van der Waals surface area (Å²) in [6.45, 7) is 10.6. The second-order valence-electron chi connectivity index (χ2n) is 8.32. The smallest absolute Gasteiger partial charge is 0.234 e. The van der Waals surface area contributed by atoms with Gasteiger partial charge in [0.1, 0.15) is 5.82 Å². The van der Waals surface area contributed by atoms with Crippen LogP contribution >= 0.6 is 11.5 Å². The van der Waals surface area contributed by atoms with Gasteiger partial charge in [-0.3, -0.25) is 9.69 Å². The van der Waals surface area contributed by atoms with Crippen LogP contribution in [0, 0.1) is 0 Å². The minimum Gasteiger partial charge on any atom is -0.352 e. The lowest BCUT2D eigenvalue weighted by Gasteiger charge is -2.34. The van der Waals surface area contributed by atoms with Gasteiger partial charge in [-0.1, -0.05) is 40.0 Å². The Bertz CT molecular complexity index is 568. The third-order valence-electron chi connectivity index (χ3n) is 5.07. The molecule has 6 nitrogen and oxygen atoms in total. The van der Waals surface area contributed by atoms with E-state index < -0.39 is 0 Å². The number of carbonyl (C=O) groups excluding carboxylic acids is 1. The summed E-state index contributed by atoms with van der Waals surface area (Å²) < 4.78 is 4.51. The van der Waals surface area contributed by atoms with Crippen molar-refractivity contribution in [1.82, 2.24) is 19.6 Å². The van der Waals surface area contributed by atoms with Gasteiger partial charge in [-0.05, 0) is 12.8 Å². The van der Waals surface area contributed by atoms with Gasteiger partial charge in [0.15, 0.2) is 0 Å². The topological polar surface area (TPSA) is 61.4 Å². The quantitative estimate of drug-likeness (QED) is 0.888. The molecule has 7 heteroatoms. The van der Waals surface area contributed by atoms with Crippen LogP contribution in [-0.2, 0) is 10.2 Å². The van der Waals surface area contributed by atoms with Crippen LogP contribution < -0.4 is 10.2 Å². The Labute approximate surface area is 155 Å². The number of carbonyl (C=O) groups is 1. The molecule has 1 amide bonds. The van der Waals surface area contributed by atoms with Crippen molar-refractivity contribution in [3.05, 3.63) is 5.82 Å². The van der Waals surface area contributed by atoms with Crippen LogP contribution in [0.2, 0.25) is 0 Å². The second kappa shape index (κ2) is 7.99. The lowest BCUT2D eigenvalue weighted by Crippen LogP contribution is -2.50. The number of nitrogens with one attached hydrogen (secondary N) is 1. The molecular formula is C18H31N5OS. The zero-order valence-corrected chi connectivity index (χ0v) is 16.6. The van der Waals surface area contributed by atoms with Gasteiger partial charge in [0.05, 0.1) is 6.54 Å². The van der Waals surface area contributed by atoms with Crippen LogP contribution in [0.4, 0.5) is 5.13 Å². The predicted molar refractivity (Wildman–Crippen MR) is 102 cm³/mol. The molecule has 0 atom stereocenters. The summed E-state index contributed by atoms with van der Waals surface area (Å²) in [4.78, 5) is 21.5. The van der Waals surface area contributed by atoms with E-state index in [0.29, 0.717) is 12.6 Å². The molecule has 2 aliphatic rings. The van der Waals surface area contributed by atoms with Crippen LogP contribution in [-0.4, -0.2) is 58.9 Å². The monoisotopic (exact) mass is 365 g/mol. The van der Waals surface area contributed by atoms with Crippen molar-refractivity contribution in [1.29, 1.82) is 0 Å². The summed E-state index contributed by atoms with van der Waals surface area (Å²) in [6.07, 6.45) is 6.11. The van der Waals surface area contributed by atoms with Crippen LogP contribution in [0.15, 0.2) is 0 Å². The van der Waals surface area contributed by atoms with Gasteiger partial charge < -0.3 is 10.2 Å². The number of nitrogens with zero attached hydrogens (tertiary/aromatic N) is 4. The van der Waals surface area contributed by atoms with Crippen molar-refractivity contribution in [3.63, 3.8) is 0 Å². The molecule has 1 saturated carbocycles. The molecule has 1 saturated heterocycles. The molecule has 0 unspecified atom stereocenters. The van der Waals surface area contributed by atoms with E-state index in [-0.39, 0.29) is 11.3 Å². The van der Waals surface area contributed by atoms with Crippen LogP contribution in [0.25, 0.3) is 0 Å². The van der Waals surface area contributed by atoms with E-state index >= 15 is 0 Å². The van der Waals surface area contributed by atoms with Crippen molar-refractivity contribution < 1.29 is 4.79 Å². The zero-order chi connectivity index (χ0) is 17.9. The molecule has 0 aromatic carbocycles. The normalized spacial score (nSPS) is 20.7. The van der Waals surface area contributed by atoms with Gasteiger partial charge >= 0.3 is 0 Å². The number of amides is 1. The molecule has 1 aliphatic heterocycles. The summed E-state index contributed by atoms with van der Waals surface area (Å²) in [6, 6.07) is 0.403. The predicted octanol–water partition coefficient (Wildman–Crippen LogP) is 2.41. The van der Waals surface area contributed by atoms with Gasteiger partial charge in [-0.25, -0.2) is 4.98 Å². The molecular weight excluding hydrogens is 334 g/mol. The van der Waals surface area contributed by atoms with Gasteiger partial charge in [-0.15, -0.1) is 0 Å². The number of aromatic nitrogens is 2. The molecule has 1 N–H and O–H groups in total. The molecule has 2 fully saturated rings. The fraction of sp³-hybridized carbons (Fsp3) is 0.833. The largest absolute Gasteiger partial charge is 0.352 e. The van der Waals surface area contributed by atoms with Crippen LogP contribution in [0.5, 0.6) is 0 Å². The lowest BCUT2D eigenvalue weighted by molar-refractivity contribution is -0.123. The number of hydrogen-bond donors (Lipinski definition) is 1. The number of piperazine rings is 1. The minimum atomic E-state index is -0.00617. The fourth-order valence-electron chi connectivity index (χ4n) is 3.47. The van der Waals surface area contributed by atoms with Crippen molar-refractivity contribution in [2.24, 2.45) is 0 Å². The van der Waals surface area contributed by atoms with Crippen molar-refractivity contribution in [3.8, 4) is 0 Å². The Hall–Kier alpha value is -1.21. The van der Waals surface area contributed by atoms with Gasteiger partial charge in [0, 0.05) is 49.2 Å². The number of rotatable bonds is 4. The highest BCUT2D eigenvalue weighted by molar-refractivity contribution is 7.09. The Morgan fingerprint density at radius 3 is 2.44 bits per heavy atom. The van der Waals surface area contributed by atoms with Gasteiger partial charge in [0.2, 0.25) is 11.0 Å². The third-order valence-corrected chi connectivity index (χ3v) is 5.84. The summed E-state index contributed by atoms with van der Waals surface area (Å²) >= 11 is 1.49. The first-order valence-electron chi connectivity index (χ1n) is 9.53. The fourth-order valence-corrected chi connectivity index (χ4v) is 4.38. The second-order valence-corrected chi connectivity index (χ2v) is 9.05. The first-order valence-corrected chi connectivity index (χ1v) is 10.3. The average Bonchev–Trinajstić information content (AvgIpc) is 3.07. The molecule has 1 aliphatic carbocycles. The first kappa shape index (κ1) is 18.6. The molecule has 3 rings (SSSR count). The molecule has 140 valence electrons. The van der Waals surface area contributed by atoms with Gasteiger partial charge in [0.25, 0.3) is 0 Å². The maximum Gasteiger partial charge on any atom is 0.234 e. The highest BCUT2D eigenvalue weighted by atomic mass is 32.1. The highest BCUT2D eigenvalue weighted by Gasteiger charge is 2.25. The molecule has 1 aromatic heterocycles. The van der Waals surface area contributed by atoms with Gasteiger partial charge in [-0.2, -0.15) is 4.37 Å². The number of hydrogen-bond acceptors (Lipinski definition) is 6. The van der Waals surface area contributed by atoms with E-state index in [0.717, 1.165) is 50.0 Å². The molecule has 0 spiro atoms. The maximum absolute atomic E-state index is 12.3. The lowest BCUT2D eigenvalue weighted by atomic mass is 9.95. The van der Waals surface area contributed by atoms with Crippen LogP contribution in [0.3, 0.4) is 0 Å². The molecule has 2 heterocycles. The molecule has 1 aromatic rings. The number of anilines is 1. The summed E-state index contributed by atoms with van der Waals surface area (Å²) in [5, 5.41) is 4.22. The Morgan fingerprint density at radius 2 is 1.84 bits per heavy atom. The minimum absolute atomic E-state index is 0.00617. The summed E-state index contributed by atoms with van der Waals surface area (Å²) in [5.74, 6) is 1.10. The summed E-state index contributed by atoms with van der Waals surface area (Å²) in [7, 11) is 0. The van der Waals surface area contributed by atoms with Crippen molar-refractivity contribution in [2.75, 3.05) is 37.6 Å². The Kier molecular flexibility index (Phi) is 5.94. The highest BCUT2D eigenvalue weighted by Crippen LogP contribution is 2.26. The average molecular weight is 366 g/mol. The van der Waals surface area contributed by atoms with E-state index in [1.54, 1.807) is 0 Å². The SMILES string of the molecule is CC(C)(C)c1nsc(N2CCN(CC(=O)NC3CCCCC3)CC2)n1. The Morgan fingerprint density at radius 1 is 1.16 bits per heavy atom. The zero-order valence-electron chi connectivity index (χ0n) is 15.8.